The number of rotatable bonds is 6. The van der Waals surface area contributed by atoms with Crippen molar-refractivity contribution in [3.8, 4) is 11.5 Å². The predicted molar refractivity (Wildman–Crippen MR) is 98.7 cm³/mol. The fourth-order valence-corrected chi connectivity index (χ4v) is 2.69. The zero-order valence-corrected chi connectivity index (χ0v) is 14.9. The number of hydrogen-bond donors (Lipinski definition) is 1. The predicted octanol–water partition coefficient (Wildman–Crippen LogP) is 1.56. The molecule has 1 aromatic heterocycles. The summed E-state index contributed by atoms with van der Waals surface area (Å²) in [7, 11) is 2.79. The molecule has 27 heavy (non-hydrogen) atoms. The lowest BCUT2D eigenvalue weighted by Crippen LogP contribution is -2.36. The van der Waals surface area contributed by atoms with Crippen LogP contribution < -0.4 is 20.7 Å². The summed E-state index contributed by atoms with van der Waals surface area (Å²) in [5.74, 6) is 0.535. The topological polar surface area (TPSA) is 99.6 Å². The van der Waals surface area contributed by atoms with Gasteiger partial charge in [0, 0.05) is 0 Å². The summed E-state index contributed by atoms with van der Waals surface area (Å²) in [5.41, 5.74) is -0.529. The Bertz CT molecular complexity index is 1100. The third-order valence-electron chi connectivity index (χ3n) is 4.04. The second-order valence-electron chi connectivity index (χ2n) is 5.64. The number of methoxy groups -OCH3 is 2. The van der Waals surface area contributed by atoms with Crippen molar-refractivity contribution < 1.29 is 19.0 Å². The molecule has 0 aliphatic rings. The highest BCUT2D eigenvalue weighted by Gasteiger charge is 2.12. The largest absolute Gasteiger partial charge is 0.493 e. The summed E-state index contributed by atoms with van der Waals surface area (Å²) in [6.45, 7) is 0.163. The molecule has 0 saturated heterocycles. The van der Waals surface area contributed by atoms with Crippen molar-refractivity contribution in [1.82, 2.24) is 9.55 Å². The molecule has 3 rings (SSSR count). The molecule has 0 unspecified atom stereocenters. The van der Waals surface area contributed by atoms with Gasteiger partial charge in [-0.05, 0) is 30.3 Å². The summed E-state index contributed by atoms with van der Waals surface area (Å²) < 4.78 is 16.5. The Hall–Kier alpha value is -3.55. The molecule has 0 bridgehead atoms. The zero-order valence-electron chi connectivity index (χ0n) is 14.9. The van der Waals surface area contributed by atoms with Crippen molar-refractivity contribution >= 4 is 16.9 Å². The van der Waals surface area contributed by atoms with Crippen LogP contribution in [0.5, 0.6) is 11.5 Å². The van der Waals surface area contributed by atoms with Gasteiger partial charge >= 0.3 is 11.7 Å². The standard InChI is InChI=1S/C19H18N2O6/c1-25-15-5-3-4-6-16(15)27-10-9-21-17(22)13-8-7-12(18(23)26-2)11-14(13)20-19(21)24/h3-8,11H,9-10H2,1-2H3,(H,20,24). The van der Waals surface area contributed by atoms with E-state index in [1.165, 1.54) is 32.4 Å². The minimum Gasteiger partial charge on any atom is -0.493 e. The number of aromatic amines is 1. The maximum atomic E-state index is 12.6. The van der Waals surface area contributed by atoms with Crippen LogP contribution in [0.3, 0.4) is 0 Å². The molecular weight excluding hydrogens is 352 g/mol. The van der Waals surface area contributed by atoms with Crippen LogP contribution in [0.25, 0.3) is 10.9 Å². The SMILES string of the molecule is COC(=O)c1ccc2c(=O)n(CCOc3ccccc3OC)c(=O)[nH]c2c1. The van der Waals surface area contributed by atoms with Crippen LogP contribution in [0.15, 0.2) is 52.1 Å². The molecule has 0 aliphatic carbocycles. The third-order valence-corrected chi connectivity index (χ3v) is 4.04. The Morgan fingerprint density at radius 2 is 1.81 bits per heavy atom. The summed E-state index contributed by atoms with van der Waals surface area (Å²) in [6, 6.07) is 11.5. The normalized spacial score (nSPS) is 10.6. The van der Waals surface area contributed by atoms with E-state index >= 15 is 0 Å². The van der Waals surface area contributed by atoms with Gasteiger partial charge in [-0.2, -0.15) is 0 Å². The molecule has 1 heterocycles. The van der Waals surface area contributed by atoms with E-state index in [1.807, 2.05) is 6.07 Å². The molecule has 1 N–H and O–H groups in total. The third kappa shape index (κ3) is 3.69. The van der Waals surface area contributed by atoms with Crippen molar-refractivity contribution in [2.45, 2.75) is 6.54 Å². The molecule has 0 fully saturated rings. The molecule has 0 saturated carbocycles. The first-order valence-electron chi connectivity index (χ1n) is 8.16. The monoisotopic (exact) mass is 370 g/mol. The first-order chi connectivity index (χ1) is 13.0. The average molecular weight is 370 g/mol. The van der Waals surface area contributed by atoms with Crippen LogP contribution in [0.1, 0.15) is 10.4 Å². The Kier molecular flexibility index (Phi) is 5.25. The maximum absolute atomic E-state index is 12.6. The number of aromatic nitrogens is 2. The Morgan fingerprint density at radius 1 is 1.07 bits per heavy atom. The van der Waals surface area contributed by atoms with Gasteiger partial charge in [-0.25, -0.2) is 9.59 Å². The molecule has 0 aliphatic heterocycles. The van der Waals surface area contributed by atoms with E-state index in [-0.39, 0.29) is 24.2 Å². The zero-order chi connectivity index (χ0) is 19.4. The molecule has 0 amide bonds. The fourth-order valence-electron chi connectivity index (χ4n) is 2.69. The first kappa shape index (κ1) is 18.2. The molecule has 2 aromatic carbocycles. The average Bonchev–Trinajstić information content (AvgIpc) is 2.69. The number of nitrogens with zero attached hydrogens (tertiary/aromatic N) is 1. The van der Waals surface area contributed by atoms with Crippen molar-refractivity contribution in [3.63, 3.8) is 0 Å². The fraction of sp³-hybridized carbons (Fsp3) is 0.211. The number of para-hydroxylation sites is 2. The second-order valence-corrected chi connectivity index (χ2v) is 5.64. The van der Waals surface area contributed by atoms with Gasteiger partial charge in [0.25, 0.3) is 5.56 Å². The molecule has 3 aromatic rings. The van der Waals surface area contributed by atoms with Gasteiger partial charge in [0.2, 0.25) is 0 Å². The van der Waals surface area contributed by atoms with E-state index in [4.69, 9.17) is 9.47 Å². The van der Waals surface area contributed by atoms with Gasteiger partial charge in [0.15, 0.2) is 11.5 Å². The Morgan fingerprint density at radius 3 is 2.52 bits per heavy atom. The molecule has 8 heteroatoms. The van der Waals surface area contributed by atoms with Gasteiger partial charge in [0.1, 0.15) is 6.61 Å². The number of nitrogens with one attached hydrogen (secondary N) is 1. The summed E-state index contributed by atoms with van der Waals surface area (Å²) in [6.07, 6.45) is 0. The van der Waals surface area contributed by atoms with Crippen molar-refractivity contribution in [3.05, 3.63) is 68.9 Å². The van der Waals surface area contributed by atoms with Gasteiger partial charge < -0.3 is 19.2 Å². The van der Waals surface area contributed by atoms with Crippen LogP contribution in [0.2, 0.25) is 0 Å². The quantitative estimate of drug-likeness (QED) is 0.661. The van der Waals surface area contributed by atoms with E-state index in [0.717, 1.165) is 4.57 Å². The minimum atomic E-state index is -0.585. The van der Waals surface area contributed by atoms with E-state index in [0.29, 0.717) is 16.9 Å². The van der Waals surface area contributed by atoms with Gasteiger partial charge in [-0.3, -0.25) is 9.36 Å². The maximum Gasteiger partial charge on any atom is 0.337 e. The number of hydrogen-bond acceptors (Lipinski definition) is 6. The smallest absolute Gasteiger partial charge is 0.337 e. The number of carbonyl (C=O) groups is 1. The van der Waals surface area contributed by atoms with Crippen LogP contribution in [-0.2, 0) is 11.3 Å². The number of benzene rings is 2. The van der Waals surface area contributed by atoms with E-state index < -0.39 is 17.2 Å². The summed E-state index contributed by atoms with van der Waals surface area (Å²) >= 11 is 0. The lowest BCUT2D eigenvalue weighted by Gasteiger charge is -2.11. The van der Waals surface area contributed by atoms with Crippen molar-refractivity contribution in [1.29, 1.82) is 0 Å². The molecule has 140 valence electrons. The van der Waals surface area contributed by atoms with Crippen LogP contribution in [0.4, 0.5) is 0 Å². The number of carbonyl (C=O) groups excluding carboxylic acids is 1. The highest BCUT2D eigenvalue weighted by Crippen LogP contribution is 2.25. The molecule has 0 spiro atoms. The lowest BCUT2D eigenvalue weighted by atomic mass is 10.1. The number of ether oxygens (including phenoxy) is 3. The molecule has 0 atom stereocenters. The summed E-state index contributed by atoms with van der Waals surface area (Å²) in [5, 5.41) is 0.291. The number of H-pyrrole nitrogens is 1. The Labute approximate surface area is 153 Å². The van der Waals surface area contributed by atoms with E-state index in [2.05, 4.69) is 9.72 Å². The highest BCUT2D eigenvalue weighted by atomic mass is 16.5. The second kappa shape index (κ2) is 7.77. The lowest BCUT2D eigenvalue weighted by molar-refractivity contribution is 0.0601. The van der Waals surface area contributed by atoms with Crippen LogP contribution >= 0.6 is 0 Å². The minimum absolute atomic E-state index is 0.0565. The molecular formula is C19H18N2O6. The molecule has 0 radical (unpaired) electrons. The van der Waals surface area contributed by atoms with Crippen LogP contribution in [0, 0.1) is 0 Å². The first-order valence-corrected chi connectivity index (χ1v) is 8.16. The van der Waals surface area contributed by atoms with Gasteiger partial charge in [0.05, 0.1) is 37.2 Å². The number of esters is 1. The Balaban J connectivity index is 1.86. The van der Waals surface area contributed by atoms with Crippen LogP contribution in [-0.4, -0.2) is 36.3 Å². The number of fused-ring (bicyclic) bond motifs is 1. The van der Waals surface area contributed by atoms with Gasteiger partial charge in [-0.15, -0.1) is 0 Å². The van der Waals surface area contributed by atoms with E-state index in [1.54, 1.807) is 18.2 Å². The van der Waals surface area contributed by atoms with Crippen molar-refractivity contribution in [2.75, 3.05) is 20.8 Å². The van der Waals surface area contributed by atoms with E-state index in [9.17, 15) is 14.4 Å². The summed E-state index contributed by atoms with van der Waals surface area (Å²) in [4.78, 5) is 39.1. The highest BCUT2D eigenvalue weighted by molar-refractivity contribution is 5.93. The van der Waals surface area contributed by atoms with Gasteiger partial charge in [-0.1, -0.05) is 12.1 Å². The van der Waals surface area contributed by atoms with Crippen molar-refractivity contribution in [2.24, 2.45) is 0 Å². The molecule has 8 nitrogen and oxygen atoms in total.